The van der Waals surface area contributed by atoms with E-state index in [1.807, 2.05) is 60.0 Å². The average Bonchev–Trinajstić information content (AvgIpc) is 3.23. The fourth-order valence-corrected chi connectivity index (χ4v) is 3.35. The lowest BCUT2D eigenvalue weighted by molar-refractivity contribution is 0.278. The van der Waals surface area contributed by atoms with Crippen LogP contribution in [0.3, 0.4) is 0 Å². The Morgan fingerprint density at radius 3 is 2.71 bits per heavy atom. The zero-order chi connectivity index (χ0) is 19.2. The smallest absolute Gasteiger partial charge is 0.227 e. The van der Waals surface area contributed by atoms with Crippen LogP contribution in [-0.2, 0) is 13.2 Å². The first kappa shape index (κ1) is 18.1. The predicted octanol–water partition coefficient (Wildman–Crippen LogP) is 4.42. The van der Waals surface area contributed by atoms with Gasteiger partial charge in [-0.1, -0.05) is 36.4 Å². The molecule has 0 unspecified atom stereocenters. The van der Waals surface area contributed by atoms with E-state index in [9.17, 15) is 5.11 Å². The molecule has 0 aliphatic carbocycles. The van der Waals surface area contributed by atoms with Crippen LogP contribution in [0.2, 0.25) is 0 Å². The molecule has 0 saturated heterocycles. The molecular weight excluding hydrogens is 372 g/mol. The lowest BCUT2D eigenvalue weighted by atomic mass is 10.2. The third-order valence-corrected chi connectivity index (χ3v) is 4.84. The maximum Gasteiger partial charge on any atom is 0.227 e. The van der Waals surface area contributed by atoms with Crippen molar-refractivity contribution in [2.45, 2.75) is 13.2 Å². The largest absolute Gasteiger partial charge is 0.489 e. The van der Waals surface area contributed by atoms with Crippen LogP contribution < -0.4 is 10.1 Å². The van der Waals surface area contributed by atoms with Gasteiger partial charge in [0.15, 0.2) is 0 Å². The van der Waals surface area contributed by atoms with Crippen molar-refractivity contribution in [3.05, 3.63) is 83.5 Å². The molecule has 4 rings (SSSR count). The molecule has 4 aromatic rings. The van der Waals surface area contributed by atoms with Crippen molar-refractivity contribution in [2.75, 3.05) is 5.32 Å². The maximum absolute atomic E-state index is 9.18. The second-order valence-electron chi connectivity index (χ2n) is 5.99. The number of hydrogen-bond acceptors (Lipinski definition) is 7. The van der Waals surface area contributed by atoms with E-state index < -0.39 is 0 Å². The van der Waals surface area contributed by atoms with Gasteiger partial charge in [-0.3, -0.25) is 0 Å². The molecule has 0 atom stereocenters. The molecule has 2 N–H and O–H groups in total. The van der Waals surface area contributed by atoms with Gasteiger partial charge in [0.25, 0.3) is 0 Å². The number of anilines is 2. The molecule has 0 saturated carbocycles. The number of aliphatic hydroxyl groups excluding tert-OH is 1. The topological polar surface area (TPSA) is 80.2 Å². The highest BCUT2D eigenvalue weighted by atomic mass is 32.1. The van der Waals surface area contributed by atoms with Crippen LogP contribution in [0, 0.1) is 0 Å². The Labute approximate surface area is 166 Å². The van der Waals surface area contributed by atoms with E-state index in [4.69, 9.17) is 4.74 Å². The Kier molecular flexibility index (Phi) is 5.56. The van der Waals surface area contributed by atoms with Crippen LogP contribution in [0.4, 0.5) is 11.6 Å². The van der Waals surface area contributed by atoms with Gasteiger partial charge in [0.1, 0.15) is 23.1 Å². The van der Waals surface area contributed by atoms with Crippen molar-refractivity contribution in [1.82, 2.24) is 15.0 Å². The minimum absolute atomic E-state index is 0.0809. The summed E-state index contributed by atoms with van der Waals surface area (Å²) in [6.45, 7) is 0.427. The number of nitrogens with one attached hydrogen (secondary N) is 1. The van der Waals surface area contributed by atoms with Crippen LogP contribution in [0.15, 0.2) is 72.2 Å². The molecule has 0 amide bonds. The summed E-state index contributed by atoms with van der Waals surface area (Å²) in [5, 5.41) is 14.9. The fraction of sp³-hybridized carbons (Fsp3) is 0.0952. The average molecular weight is 390 g/mol. The van der Waals surface area contributed by atoms with Gasteiger partial charge < -0.3 is 15.2 Å². The lowest BCUT2D eigenvalue weighted by Crippen LogP contribution is -1.99. The Bertz CT molecular complexity index is 1050. The molecule has 6 nitrogen and oxygen atoms in total. The molecule has 7 heteroatoms. The second kappa shape index (κ2) is 8.60. The Balaban J connectivity index is 1.46. The number of aromatic nitrogens is 3. The van der Waals surface area contributed by atoms with E-state index in [1.54, 1.807) is 12.3 Å². The van der Waals surface area contributed by atoms with E-state index in [1.165, 1.54) is 11.3 Å². The van der Waals surface area contributed by atoms with E-state index in [-0.39, 0.29) is 6.61 Å². The maximum atomic E-state index is 9.18. The molecule has 0 aliphatic heterocycles. The third kappa shape index (κ3) is 4.51. The zero-order valence-electron chi connectivity index (χ0n) is 14.9. The summed E-state index contributed by atoms with van der Waals surface area (Å²) in [5.41, 5.74) is 3.29. The van der Waals surface area contributed by atoms with Gasteiger partial charge in [-0.2, -0.15) is 0 Å². The van der Waals surface area contributed by atoms with Gasteiger partial charge >= 0.3 is 0 Å². The number of aliphatic hydroxyl groups is 1. The number of ether oxygens (including phenoxy) is 1. The first-order chi connectivity index (χ1) is 13.8. The summed E-state index contributed by atoms with van der Waals surface area (Å²) in [7, 11) is 0. The summed E-state index contributed by atoms with van der Waals surface area (Å²) in [6, 6.07) is 19.5. The molecule has 2 aromatic carbocycles. The molecular formula is C21H18N4O2S. The summed E-state index contributed by atoms with van der Waals surface area (Å²) in [6.07, 6.45) is 1.68. The molecule has 0 bridgehead atoms. The Morgan fingerprint density at radius 1 is 1.00 bits per heavy atom. The van der Waals surface area contributed by atoms with E-state index in [2.05, 4.69) is 20.3 Å². The van der Waals surface area contributed by atoms with E-state index >= 15 is 0 Å². The van der Waals surface area contributed by atoms with E-state index in [0.29, 0.717) is 23.9 Å². The monoisotopic (exact) mass is 390 g/mol. The highest BCUT2D eigenvalue weighted by Gasteiger charge is 2.08. The third-order valence-electron chi connectivity index (χ3n) is 3.93. The minimum atomic E-state index is -0.0809. The molecule has 2 aromatic heterocycles. The first-order valence-corrected chi connectivity index (χ1v) is 9.60. The van der Waals surface area contributed by atoms with Crippen LogP contribution in [0.25, 0.3) is 10.7 Å². The first-order valence-electron chi connectivity index (χ1n) is 8.72. The predicted molar refractivity (Wildman–Crippen MR) is 110 cm³/mol. The van der Waals surface area contributed by atoms with Crippen LogP contribution in [0.1, 0.15) is 11.3 Å². The summed E-state index contributed by atoms with van der Waals surface area (Å²) in [4.78, 5) is 13.1. The normalized spacial score (nSPS) is 10.6. The Morgan fingerprint density at radius 2 is 1.89 bits per heavy atom. The van der Waals surface area contributed by atoms with Crippen LogP contribution in [0.5, 0.6) is 5.75 Å². The fourth-order valence-electron chi connectivity index (χ4n) is 2.57. The molecule has 0 radical (unpaired) electrons. The molecule has 28 heavy (non-hydrogen) atoms. The van der Waals surface area contributed by atoms with Gasteiger partial charge in [0, 0.05) is 23.3 Å². The van der Waals surface area contributed by atoms with Crippen molar-refractivity contribution in [2.24, 2.45) is 0 Å². The van der Waals surface area contributed by atoms with Crippen molar-refractivity contribution >= 4 is 23.0 Å². The standard InChI is InChI=1S/C21H18N4O2S/c26-12-17-14-28-20(23-17)19-9-10-22-21(25-19)24-16-7-4-8-18(11-16)27-13-15-5-2-1-3-6-15/h1-11,14,26H,12-13H2,(H,22,24,25). The highest BCUT2D eigenvalue weighted by molar-refractivity contribution is 7.13. The quantitative estimate of drug-likeness (QED) is 0.486. The number of nitrogens with zero attached hydrogens (tertiary/aromatic N) is 3. The zero-order valence-corrected chi connectivity index (χ0v) is 15.8. The van der Waals surface area contributed by atoms with E-state index in [0.717, 1.165) is 22.0 Å². The number of benzene rings is 2. The molecule has 0 aliphatic rings. The second-order valence-corrected chi connectivity index (χ2v) is 6.85. The van der Waals surface area contributed by atoms with Crippen LogP contribution in [-0.4, -0.2) is 20.1 Å². The Hall–Kier alpha value is -3.29. The van der Waals surface area contributed by atoms with Crippen molar-refractivity contribution in [3.8, 4) is 16.5 Å². The SMILES string of the molecule is OCc1csc(-c2ccnc(Nc3cccc(OCc4ccccc4)c3)n2)n1. The molecule has 140 valence electrons. The number of rotatable bonds is 7. The summed E-state index contributed by atoms with van der Waals surface area (Å²) in [5.74, 6) is 1.23. The highest BCUT2D eigenvalue weighted by Crippen LogP contribution is 2.24. The van der Waals surface area contributed by atoms with Crippen molar-refractivity contribution in [1.29, 1.82) is 0 Å². The molecule has 0 spiro atoms. The van der Waals surface area contributed by atoms with Gasteiger partial charge in [-0.05, 0) is 23.8 Å². The minimum Gasteiger partial charge on any atom is -0.489 e. The van der Waals surface area contributed by atoms with Gasteiger partial charge in [0.2, 0.25) is 5.95 Å². The number of hydrogen-bond donors (Lipinski definition) is 2. The number of thiazole rings is 1. The van der Waals surface area contributed by atoms with Crippen molar-refractivity contribution in [3.63, 3.8) is 0 Å². The molecule has 2 heterocycles. The van der Waals surface area contributed by atoms with Gasteiger partial charge in [0.05, 0.1) is 12.3 Å². The van der Waals surface area contributed by atoms with Gasteiger partial charge in [-0.25, -0.2) is 15.0 Å². The lowest BCUT2D eigenvalue weighted by Gasteiger charge is -2.09. The van der Waals surface area contributed by atoms with Crippen molar-refractivity contribution < 1.29 is 9.84 Å². The van der Waals surface area contributed by atoms with Crippen LogP contribution >= 0.6 is 11.3 Å². The summed E-state index contributed by atoms with van der Waals surface area (Å²) >= 11 is 1.44. The summed E-state index contributed by atoms with van der Waals surface area (Å²) < 4.78 is 5.87. The van der Waals surface area contributed by atoms with Gasteiger partial charge in [-0.15, -0.1) is 11.3 Å². The molecule has 0 fully saturated rings.